The fraction of sp³-hybridized carbons (Fsp3) is 0.235. The van der Waals surface area contributed by atoms with Crippen LogP contribution in [-0.2, 0) is 6.42 Å². The Labute approximate surface area is 554 Å². The van der Waals surface area contributed by atoms with Crippen LogP contribution in [0.2, 0.25) is 0 Å². The molecule has 1 atom stereocenters. The molecular weight excluding hydrogens is 1190 g/mol. The molecule has 7 heterocycles. The van der Waals surface area contributed by atoms with Crippen molar-refractivity contribution in [2.75, 3.05) is 0 Å². The Morgan fingerprint density at radius 3 is 1.55 bits per heavy atom. The Morgan fingerprint density at radius 2 is 0.882 bits per heavy atom. The fourth-order valence-electron chi connectivity index (χ4n) is 10.6. The molecular formula is C81H85F2N5O3S2. The van der Waals surface area contributed by atoms with Gasteiger partial charge in [-0.25, -0.2) is 23.7 Å². The molecule has 16 rings (SSSR count). The first-order valence-electron chi connectivity index (χ1n) is 30.9. The van der Waals surface area contributed by atoms with E-state index in [0.29, 0.717) is 22.8 Å². The van der Waals surface area contributed by atoms with Crippen molar-refractivity contribution in [2.45, 2.75) is 131 Å². The van der Waals surface area contributed by atoms with Crippen molar-refractivity contribution >= 4 is 97.8 Å². The summed E-state index contributed by atoms with van der Waals surface area (Å²) in [5.74, 6) is 3.48. The number of aryl methyl sites for hydroxylation is 15. The molecule has 8 nitrogen and oxygen atoms in total. The predicted octanol–water partition coefficient (Wildman–Crippen LogP) is 23.6. The van der Waals surface area contributed by atoms with E-state index < -0.39 is 0 Å². The number of fused-ring (bicyclic) bond motifs is 8. The number of nitrogens with zero attached hydrogens (tertiary/aromatic N) is 4. The van der Waals surface area contributed by atoms with E-state index in [1.54, 1.807) is 43.4 Å². The topological polar surface area (TPSA) is 103 Å². The number of hydrogen-bond acceptors (Lipinski definition) is 9. The van der Waals surface area contributed by atoms with Gasteiger partial charge in [-0.3, -0.25) is 4.98 Å². The molecule has 0 spiro atoms. The number of imidazole rings is 1. The molecule has 1 N–H and O–H groups in total. The van der Waals surface area contributed by atoms with Gasteiger partial charge < -0.3 is 18.6 Å². The van der Waals surface area contributed by atoms with Crippen molar-refractivity contribution in [1.29, 1.82) is 0 Å². The number of H-pyrrole nitrogens is 1. The monoisotopic (exact) mass is 1280 g/mol. The summed E-state index contributed by atoms with van der Waals surface area (Å²) in [6.07, 6.45) is 1.43. The van der Waals surface area contributed by atoms with Gasteiger partial charge in [0.05, 0.1) is 47.0 Å². The molecule has 6 aromatic heterocycles. The van der Waals surface area contributed by atoms with Gasteiger partial charge in [-0.2, -0.15) is 0 Å². The van der Waals surface area contributed by atoms with E-state index in [2.05, 4.69) is 208 Å². The van der Waals surface area contributed by atoms with Crippen molar-refractivity contribution in [2.24, 2.45) is 0 Å². The molecule has 1 aliphatic rings. The maximum atomic E-state index is 13.0. The normalized spacial score (nSPS) is 11.8. The SMILES string of the molecule is C.Cc1cc2cc(C)c(F)cc2o1.Cc1ccc2c(c1)CC(C)O2.Cc1ccc2cc(C)ccc2c1.Cc1ccc2nc(C)[nH]c2c1.Cc1ccc2nc(C)ccc2c1.Cc1ccc2oc(C)cc2c1.Cc1ccc2sc(C)nc2c1.Cc1nc2cc(C)c(F)cc2s1. The van der Waals surface area contributed by atoms with Crippen LogP contribution in [0.4, 0.5) is 8.78 Å². The summed E-state index contributed by atoms with van der Waals surface area (Å²) >= 11 is 3.27. The van der Waals surface area contributed by atoms with Crippen LogP contribution in [0, 0.1) is 115 Å². The molecule has 0 fully saturated rings. The van der Waals surface area contributed by atoms with Crippen LogP contribution in [0.5, 0.6) is 5.75 Å². The first-order chi connectivity index (χ1) is 43.9. The van der Waals surface area contributed by atoms with Crippen molar-refractivity contribution in [3.05, 3.63) is 276 Å². The Balaban J connectivity index is 0.000000136. The van der Waals surface area contributed by atoms with Gasteiger partial charge in [0.25, 0.3) is 0 Å². The zero-order valence-corrected chi connectivity index (χ0v) is 57.2. The van der Waals surface area contributed by atoms with E-state index in [9.17, 15) is 8.78 Å². The highest BCUT2D eigenvalue weighted by Gasteiger charge is 2.18. The number of nitrogens with one attached hydrogen (secondary N) is 1. The number of aromatic amines is 1. The minimum Gasteiger partial charge on any atom is -0.490 e. The van der Waals surface area contributed by atoms with Gasteiger partial charge in [0.15, 0.2) is 0 Å². The highest BCUT2D eigenvalue weighted by molar-refractivity contribution is 7.18. The van der Waals surface area contributed by atoms with Crippen LogP contribution in [0.3, 0.4) is 0 Å². The summed E-state index contributed by atoms with van der Waals surface area (Å²) < 4.78 is 44.5. The van der Waals surface area contributed by atoms with E-state index in [-0.39, 0.29) is 19.1 Å². The number of hydrogen-bond donors (Lipinski definition) is 1. The second-order valence-corrected chi connectivity index (χ2v) is 26.5. The van der Waals surface area contributed by atoms with Gasteiger partial charge in [-0.1, -0.05) is 114 Å². The maximum absolute atomic E-state index is 13.0. The molecule has 0 amide bonds. The predicted molar refractivity (Wildman–Crippen MR) is 391 cm³/mol. The van der Waals surface area contributed by atoms with Crippen molar-refractivity contribution in [3.63, 3.8) is 0 Å². The van der Waals surface area contributed by atoms with Crippen LogP contribution < -0.4 is 4.74 Å². The number of aromatic nitrogens is 5. The molecule has 0 saturated carbocycles. The molecule has 0 aliphatic carbocycles. The zero-order valence-electron chi connectivity index (χ0n) is 55.6. The molecule has 15 aromatic rings. The Hall–Kier alpha value is -9.36. The Kier molecular flexibility index (Phi) is 23.4. The van der Waals surface area contributed by atoms with Gasteiger partial charge in [-0.15, -0.1) is 22.7 Å². The average Bonchev–Trinajstić information content (AvgIpc) is 2.29. The summed E-state index contributed by atoms with van der Waals surface area (Å²) in [5, 5.41) is 8.18. The molecule has 478 valence electrons. The third kappa shape index (κ3) is 19.4. The molecule has 12 heteroatoms. The van der Waals surface area contributed by atoms with Crippen molar-refractivity contribution in [1.82, 2.24) is 24.9 Å². The van der Waals surface area contributed by atoms with Crippen LogP contribution in [0.1, 0.15) is 103 Å². The number of pyridine rings is 1. The molecule has 0 bridgehead atoms. The van der Waals surface area contributed by atoms with E-state index in [1.165, 1.54) is 88.2 Å². The number of halogens is 2. The summed E-state index contributed by atoms with van der Waals surface area (Å²) in [4.78, 5) is 20.6. The number of thiazole rings is 2. The van der Waals surface area contributed by atoms with Crippen LogP contribution in [0.25, 0.3) is 75.1 Å². The molecule has 0 radical (unpaired) electrons. The smallest absolute Gasteiger partial charge is 0.137 e. The van der Waals surface area contributed by atoms with Gasteiger partial charge in [0.1, 0.15) is 52.0 Å². The van der Waals surface area contributed by atoms with Crippen molar-refractivity contribution in [3.8, 4) is 5.75 Å². The van der Waals surface area contributed by atoms with Gasteiger partial charge in [0, 0.05) is 34.3 Å². The highest BCUT2D eigenvalue weighted by atomic mass is 32.1. The lowest BCUT2D eigenvalue weighted by molar-refractivity contribution is 0.254. The van der Waals surface area contributed by atoms with Crippen LogP contribution in [0.15, 0.2) is 185 Å². The summed E-state index contributed by atoms with van der Waals surface area (Å²) in [6, 6.07) is 59.3. The largest absolute Gasteiger partial charge is 0.490 e. The number of ether oxygens (including phenoxy) is 1. The third-order valence-electron chi connectivity index (χ3n) is 15.1. The van der Waals surface area contributed by atoms with Gasteiger partial charge in [0.2, 0.25) is 0 Å². The Bertz CT molecular complexity index is 4520. The lowest BCUT2D eigenvalue weighted by atomic mass is 10.1. The zero-order chi connectivity index (χ0) is 65.9. The number of benzene rings is 9. The second-order valence-electron chi connectivity index (χ2n) is 24.0. The molecule has 1 unspecified atom stereocenters. The minimum absolute atomic E-state index is 0. The van der Waals surface area contributed by atoms with Crippen molar-refractivity contribution < 1.29 is 22.4 Å². The molecule has 93 heavy (non-hydrogen) atoms. The molecule has 1 aliphatic heterocycles. The first-order valence-corrected chi connectivity index (χ1v) is 32.5. The van der Waals surface area contributed by atoms with Gasteiger partial charge >= 0.3 is 0 Å². The number of rotatable bonds is 0. The molecule has 0 saturated heterocycles. The van der Waals surface area contributed by atoms with E-state index in [0.717, 1.165) is 88.5 Å². The third-order valence-corrected chi connectivity index (χ3v) is 17.0. The summed E-state index contributed by atoms with van der Waals surface area (Å²) in [5.41, 5.74) is 19.7. The first kappa shape index (κ1) is 69.5. The van der Waals surface area contributed by atoms with E-state index in [4.69, 9.17) is 13.6 Å². The van der Waals surface area contributed by atoms with E-state index in [1.807, 2.05) is 65.8 Å². The standard InChI is InChI=1S/C12H12.C11H11N.C10H9FO.C10H12O.C10H10O.C9H8FNS.C9H10N2.C9H9NS.CH4/c1-9-3-5-12-8-10(2)4-6-11(12)7-9;1-8-3-6-11-10(7-8)5-4-9(2)12-11;1-6-3-8-4-7(2)12-10(8)5-9(6)11;2*1-7-3-4-10-9(5-7)6-8(2)11-10;1-5-3-8-9(4-7(5)10)12-6(2)11-8;1-6-3-4-8-9(5-6)11-7(2)10-8;1-6-3-4-9-8(5-6)10-7(2)11-9;/h3-8H,1-2H3;3-7H,1-2H3;3-5H,1-2H3;3-5,8H,6H2,1-2H3;3-6H,1-2H3;3-4H,1-2H3;3-5H,1-2H3,(H,10,11);3-5H,1-2H3;1H4. The van der Waals surface area contributed by atoms with Crippen LogP contribution in [-0.4, -0.2) is 31.0 Å². The average molecular weight is 1280 g/mol. The van der Waals surface area contributed by atoms with Crippen LogP contribution >= 0.6 is 22.7 Å². The maximum Gasteiger partial charge on any atom is 0.137 e. The summed E-state index contributed by atoms with van der Waals surface area (Å²) in [6.45, 7) is 32.1. The lowest BCUT2D eigenvalue weighted by Crippen LogP contribution is -2.05. The van der Waals surface area contributed by atoms with Gasteiger partial charge in [-0.05, 0) is 240 Å². The quantitative estimate of drug-likeness (QED) is 0.161. The highest BCUT2D eigenvalue weighted by Crippen LogP contribution is 2.30. The summed E-state index contributed by atoms with van der Waals surface area (Å²) in [7, 11) is 0. The Morgan fingerprint density at radius 1 is 0.398 bits per heavy atom. The second kappa shape index (κ2) is 31.3. The number of furan rings is 2. The fourth-order valence-corrected chi connectivity index (χ4v) is 12.2. The van der Waals surface area contributed by atoms with E-state index >= 15 is 0 Å². The lowest BCUT2D eigenvalue weighted by Gasteiger charge is -2.01. The minimum atomic E-state index is -0.211. The molecule has 9 aromatic carbocycles.